The summed E-state index contributed by atoms with van der Waals surface area (Å²) in [5.41, 5.74) is 1.63. The van der Waals surface area contributed by atoms with E-state index in [1.165, 1.54) is 12.8 Å². The summed E-state index contributed by atoms with van der Waals surface area (Å²) in [5.74, 6) is 0.740. The van der Waals surface area contributed by atoms with Crippen molar-refractivity contribution in [2.45, 2.75) is 33.1 Å². The molecule has 0 aliphatic carbocycles. The van der Waals surface area contributed by atoms with E-state index in [-0.39, 0.29) is 5.91 Å². The van der Waals surface area contributed by atoms with Gasteiger partial charge in [-0.2, -0.15) is 0 Å². The number of hydrogen-bond donors (Lipinski definition) is 1. The molecule has 1 amide bonds. The second-order valence-electron chi connectivity index (χ2n) is 5.33. The fourth-order valence-electron chi connectivity index (χ4n) is 2.30. The zero-order valence-corrected chi connectivity index (χ0v) is 11.9. The highest BCUT2D eigenvalue weighted by atomic mass is 16.1. The molecule has 1 N–H and O–H groups in total. The summed E-state index contributed by atoms with van der Waals surface area (Å²) in [7, 11) is 0. The summed E-state index contributed by atoms with van der Waals surface area (Å²) in [6, 6.07) is 3.82. The molecule has 0 atom stereocenters. The zero-order valence-electron chi connectivity index (χ0n) is 11.9. The zero-order chi connectivity index (χ0) is 13.7. The molecule has 2 heterocycles. The van der Waals surface area contributed by atoms with E-state index in [0.29, 0.717) is 12.2 Å². The Kier molecular flexibility index (Phi) is 4.77. The molecule has 4 nitrogen and oxygen atoms in total. The van der Waals surface area contributed by atoms with Crippen molar-refractivity contribution in [1.29, 1.82) is 0 Å². The third kappa shape index (κ3) is 3.69. The van der Waals surface area contributed by atoms with Crippen LogP contribution < -0.4 is 10.2 Å². The van der Waals surface area contributed by atoms with Gasteiger partial charge in [-0.25, -0.2) is 4.98 Å². The average Bonchev–Trinajstić information content (AvgIpc) is 2.46. The van der Waals surface area contributed by atoms with Crippen molar-refractivity contribution in [2.75, 3.05) is 24.5 Å². The number of amides is 1. The lowest BCUT2D eigenvalue weighted by Crippen LogP contribution is -2.33. The first-order chi connectivity index (χ1) is 9.20. The highest BCUT2D eigenvalue weighted by molar-refractivity contribution is 5.92. The van der Waals surface area contributed by atoms with Crippen molar-refractivity contribution < 1.29 is 4.79 Å². The number of hydrogen-bond acceptors (Lipinski definition) is 3. The number of piperidine rings is 1. The van der Waals surface area contributed by atoms with Crippen LogP contribution in [0.4, 0.5) is 5.69 Å². The number of carbonyl (C=O) groups is 1. The Morgan fingerprint density at radius 3 is 2.74 bits per heavy atom. The summed E-state index contributed by atoms with van der Waals surface area (Å²) < 4.78 is 0. The van der Waals surface area contributed by atoms with E-state index in [0.717, 1.165) is 31.1 Å². The van der Waals surface area contributed by atoms with E-state index in [1.54, 1.807) is 0 Å². The molecular weight excluding hydrogens is 238 g/mol. The topological polar surface area (TPSA) is 45.2 Å². The van der Waals surface area contributed by atoms with Gasteiger partial charge in [-0.1, -0.05) is 13.8 Å². The lowest BCUT2D eigenvalue weighted by molar-refractivity contribution is 0.0948. The van der Waals surface area contributed by atoms with Crippen LogP contribution in [0.3, 0.4) is 0 Å². The van der Waals surface area contributed by atoms with Crippen LogP contribution in [0.1, 0.15) is 43.6 Å². The molecule has 0 spiro atoms. The van der Waals surface area contributed by atoms with Crippen LogP contribution in [-0.2, 0) is 0 Å². The van der Waals surface area contributed by atoms with Gasteiger partial charge in [0.15, 0.2) is 0 Å². The van der Waals surface area contributed by atoms with E-state index in [9.17, 15) is 4.79 Å². The summed E-state index contributed by atoms with van der Waals surface area (Å²) in [6.45, 7) is 7.21. The van der Waals surface area contributed by atoms with Gasteiger partial charge < -0.3 is 10.2 Å². The van der Waals surface area contributed by atoms with E-state index >= 15 is 0 Å². The minimum absolute atomic E-state index is 0.0827. The predicted molar refractivity (Wildman–Crippen MR) is 77.5 cm³/mol. The van der Waals surface area contributed by atoms with Crippen LogP contribution in [0.25, 0.3) is 0 Å². The fraction of sp³-hybridized carbons (Fsp3) is 0.600. The van der Waals surface area contributed by atoms with Crippen molar-refractivity contribution in [3.63, 3.8) is 0 Å². The van der Waals surface area contributed by atoms with Gasteiger partial charge in [-0.3, -0.25) is 4.79 Å². The maximum Gasteiger partial charge on any atom is 0.269 e. The van der Waals surface area contributed by atoms with Crippen molar-refractivity contribution in [3.8, 4) is 0 Å². The van der Waals surface area contributed by atoms with Crippen LogP contribution in [0.2, 0.25) is 0 Å². The van der Waals surface area contributed by atoms with Gasteiger partial charge in [-0.15, -0.1) is 0 Å². The standard InChI is InChI=1S/C15H23N3O/c1-3-8-16-15(19)14-5-4-13(11-17-14)18-9-6-12(2)7-10-18/h4-5,11-12H,3,6-10H2,1-2H3,(H,16,19). The molecular formula is C15H23N3O. The van der Waals surface area contributed by atoms with E-state index in [1.807, 2.05) is 25.3 Å². The average molecular weight is 261 g/mol. The number of pyridine rings is 1. The van der Waals surface area contributed by atoms with Crippen molar-refractivity contribution in [1.82, 2.24) is 10.3 Å². The Balaban J connectivity index is 1.96. The Hall–Kier alpha value is -1.58. The van der Waals surface area contributed by atoms with Gasteiger partial charge in [0.25, 0.3) is 5.91 Å². The van der Waals surface area contributed by atoms with Crippen molar-refractivity contribution >= 4 is 11.6 Å². The fourth-order valence-corrected chi connectivity index (χ4v) is 2.30. The third-order valence-corrected chi connectivity index (χ3v) is 3.66. The molecule has 1 aromatic rings. The van der Waals surface area contributed by atoms with Gasteiger partial charge in [-0.05, 0) is 37.3 Å². The van der Waals surface area contributed by atoms with Crippen molar-refractivity contribution in [2.24, 2.45) is 5.92 Å². The first-order valence-corrected chi connectivity index (χ1v) is 7.20. The van der Waals surface area contributed by atoms with Crippen LogP contribution in [0.5, 0.6) is 0 Å². The quantitative estimate of drug-likeness (QED) is 0.905. The second kappa shape index (κ2) is 6.55. The molecule has 1 saturated heterocycles. The van der Waals surface area contributed by atoms with E-state index < -0.39 is 0 Å². The lowest BCUT2D eigenvalue weighted by Gasteiger charge is -2.31. The highest BCUT2D eigenvalue weighted by Gasteiger charge is 2.16. The predicted octanol–water partition coefficient (Wildman–Crippen LogP) is 2.46. The molecule has 1 aliphatic rings. The monoisotopic (exact) mass is 261 g/mol. The summed E-state index contributed by atoms with van der Waals surface area (Å²) in [5, 5.41) is 2.84. The first-order valence-electron chi connectivity index (χ1n) is 7.20. The first kappa shape index (κ1) is 13.8. The number of carbonyl (C=O) groups excluding carboxylic acids is 1. The van der Waals surface area contributed by atoms with E-state index in [2.05, 4.69) is 22.1 Å². The number of rotatable bonds is 4. The molecule has 104 valence electrons. The number of nitrogens with zero attached hydrogens (tertiary/aromatic N) is 2. The van der Waals surface area contributed by atoms with Gasteiger partial charge >= 0.3 is 0 Å². The van der Waals surface area contributed by atoms with Crippen LogP contribution in [-0.4, -0.2) is 30.5 Å². The number of aromatic nitrogens is 1. The van der Waals surface area contributed by atoms with Gasteiger partial charge in [0.2, 0.25) is 0 Å². The lowest BCUT2D eigenvalue weighted by atomic mass is 9.99. The molecule has 0 bridgehead atoms. The van der Waals surface area contributed by atoms with E-state index in [4.69, 9.17) is 0 Å². The molecule has 1 fully saturated rings. The molecule has 19 heavy (non-hydrogen) atoms. The van der Waals surface area contributed by atoms with Crippen molar-refractivity contribution in [3.05, 3.63) is 24.0 Å². The second-order valence-corrected chi connectivity index (χ2v) is 5.33. The third-order valence-electron chi connectivity index (χ3n) is 3.66. The molecule has 1 aliphatic heterocycles. The molecule has 0 unspecified atom stereocenters. The summed E-state index contributed by atoms with van der Waals surface area (Å²) in [4.78, 5) is 18.4. The Labute approximate surface area is 115 Å². The van der Waals surface area contributed by atoms with Crippen LogP contribution in [0, 0.1) is 5.92 Å². The van der Waals surface area contributed by atoms with Crippen LogP contribution >= 0.6 is 0 Å². The normalized spacial score (nSPS) is 16.4. The smallest absolute Gasteiger partial charge is 0.269 e. The largest absolute Gasteiger partial charge is 0.370 e. The van der Waals surface area contributed by atoms with Gasteiger partial charge in [0.1, 0.15) is 5.69 Å². The molecule has 0 aromatic carbocycles. The SMILES string of the molecule is CCCNC(=O)c1ccc(N2CCC(C)CC2)cn1. The Bertz CT molecular complexity index is 408. The maximum absolute atomic E-state index is 11.7. The summed E-state index contributed by atoms with van der Waals surface area (Å²) >= 11 is 0. The minimum Gasteiger partial charge on any atom is -0.370 e. The van der Waals surface area contributed by atoms with Gasteiger partial charge in [0.05, 0.1) is 11.9 Å². The molecule has 1 aromatic heterocycles. The van der Waals surface area contributed by atoms with Gasteiger partial charge in [0, 0.05) is 19.6 Å². The molecule has 2 rings (SSSR count). The van der Waals surface area contributed by atoms with Crippen LogP contribution in [0.15, 0.2) is 18.3 Å². The summed E-state index contributed by atoms with van der Waals surface area (Å²) in [6.07, 6.45) is 5.23. The maximum atomic E-state index is 11.7. The molecule has 0 radical (unpaired) electrons. The number of nitrogens with one attached hydrogen (secondary N) is 1. The molecule has 4 heteroatoms. The number of anilines is 1. The highest BCUT2D eigenvalue weighted by Crippen LogP contribution is 2.22. The Morgan fingerprint density at radius 1 is 1.42 bits per heavy atom. The minimum atomic E-state index is -0.0827. The Morgan fingerprint density at radius 2 is 2.16 bits per heavy atom. The molecule has 0 saturated carbocycles.